The summed E-state index contributed by atoms with van der Waals surface area (Å²) >= 11 is 1.20. The first-order valence-electron chi connectivity index (χ1n) is 7.16. The summed E-state index contributed by atoms with van der Waals surface area (Å²) in [4.78, 5) is 20.1. The minimum atomic E-state index is -0.760. The fourth-order valence-corrected chi connectivity index (χ4v) is 3.71. The monoisotopic (exact) mass is 333 g/mol. The summed E-state index contributed by atoms with van der Waals surface area (Å²) in [6, 6.07) is 4.08. The molecular formula is C14H15N5O3S. The van der Waals surface area contributed by atoms with Gasteiger partial charge in [-0.15, -0.1) is 0 Å². The number of thiazole rings is 1. The molecule has 2 aliphatic rings. The molecule has 0 spiro atoms. The van der Waals surface area contributed by atoms with Crippen molar-refractivity contribution >= 4 is 22.5 Å². The number of urea groups is 1. The average Bonchev–Trinajstić information content (AvgIpc) is 3.00. The highest BCUT2D eigenvalue weighted by Crippen LogP contribution is 2.43. The van der Waals surface area contributed by atoms with E-state index in [1.807, 2.05) is 6.92 Å². The lowest BCUT2D eigenvalue weighted by Crippen LogP contribution is -2.48. The van der Waals surface area contributed by atoms with Crippen LogP contribution in [0.1, 0.15) is 35.9 Å². The molecule has 3 heterocycles. The van der Waals surface area contributed by atoms with E-state index in [-0.39, 0.29) is 25.6 Å². The highest BCUT2D eigenvalue weighted by molar-refractivity contribution is 7.16. The molecule has 1 aromatic rings. The molecule has 1 aromatic heterocycles. The third-order valence-electron chi connectivity index (χ3n) is 3.84. The van der Waals surface area contributed by atoms with Crippen molar-refractivity contribution in [3.05, 3.63) is 10.6 Å². The van der Waals surface area contributed by atoms with Gasteiger partial charge in [0.15, 0.2) is 11.2 Å². The zero-order valence-electron chi connectivity index (χ0n) is 12.7. The maximum Gasteiger partial charge on any atom is 0.329 e. The highest BCUT2D eigenvalue weighted by atomic mass is 32.1. The highest BCUT2D eigenvalue weighted by Gasteiger charge is 2.40. The topological polar surface area (TPSA) is 102 Å². The third-order valence-corrected chi connectivity index (χ3v) is 4.97. The molecule has 3 atom stereocenters. The van der Waals surface area contributed by atoms with Crippen molar-refractivity contribution in [3.63, 3.8) is 0 Å². The molecule has 9 heteroatoms. The molecule has 120 valence electrons. The number of amides is 2. The molecular weight excluding hydrogens is 318 g/mol. The van der Waals surface area contributed by atoms with Crippen LogP contribution in [0, 0.1) is 22.7 Å². The van der Waals surface area contributed by atoms with Crippen LogP contribution in [0.4, 0.5) is 9.93 Å². The largest absolute Gasteiger partial charge is 0.353 e. The van der Waals surface area contributed by atoms with Gasteiger partial charge in [0.05, 0.1) is 22.7 Å². The molecule has 2 amide bonds. The molecule has 23 heavy (non-hydrogen) atoms. The number of fused-ring (bicyclic) bond motifs is 1. The first-order chi connectivity index (χ1) is 11.1. The normalized spacial score (nSPS) is 27.3. The van der Waals surface area contributed by atoms with E-state index in [1.54, 1.807) is 7.05 Å². The van der Waals surface area contributed by atoms with Gasteiger partial charge in [0.25, 0.3) is 0 Å². The van der Waals surface area contributed by atoms with E-state index in [1.165, 1.54) is 21.1 Å². The number of ether oxygens (including phenoxy) is 2. The molecule has 1 fully saturated rings. The number of hydrogen-bond acceptors (Lipinski definition) is 7. The number of nitrogens with zero attached hydrogens (tertiary/aromatic N) is 5. The van der Waals surface area contributed by atoms with Crippen LogP contribution >= 0.6 is 11.3 Å². The second-order valence-corrected chi connectivity index (χ2v) is 6.32. The number of carbonyl (C=O) groups is 1. The van der Waals surface area contributed by atoms with Gasteiger partial charge < -0.3 is 14.4 Å². The lowest BCUT2D eigenvalue weighted by atomic mass is 9.93. The Balaban J connectivity index is 2.02. The Bertz CT molecular complexity index is 706. The quantitative estimate of drug-likeness (QED) is 0.819. The van der Waals surface area contributed by atoms with Crippen molar-refractivity contribution < 1.29 is 14.3 Å². The maximum absolute atomic E-state index is 12.2. The average molecular weight is 333 g/mol. The molecule has 0 aliphatic carbocycles. The first kappa shape index (κ1) is 15.7. The minimum Gasteiger partial charge on any atom is -0.353 e. The van der Waals surface area contributed by atoms with Gasteiger partial charge in [0.1, 0.15) is 25.4 Å². The van der Waals surface area contributed by atoms with E-state index >= 15 is 0 Å². The van der Waals surface area contributed by atoms with Gasteiger partial charge in [-0.2, -0.15) is 10.5 Å². The molecule has 0 saturated carbocycles. The number of nitriles is 2. The Kier molecular flexibility index (Phi) is 4.18. The van der Waals surface area contributed by atoms with Gasteiger partial charge in [0, 0.05) is 7.05 Å². The molecule has 0 aromatic carbocycles. The SMILES string of the molecule is CCC1OC(C#N)c2sc(N3COCN(C)C3=O)nc2C1C#N. The van der Waals surface area contributed by atoms with Gasteiger partial charge in [-0.25, -0.2) is 14.7 Å². The lowest BCUT2D eigenvalue weighted by Gasteiger charge is -2.31. The Morgan fingerprint density at radius 2 is 2.17 bits per heavy atom. The molecule has 3 rings (SSSR count). The Hall–Kier alpha value is -2.20. The van der Waals surface area contributed by atoms with Crippen LogP contribution in [0.3, 0.4) is 0 Å². The van der Waals surface area contributed by atoms with Crippen molar-refractivity contribution in [1.82, 2.24) is 9.88 Å². The number of carbonyl (C=O) groups excluding carboxylic acids is 1. The van der Waals surface area contributed by atoms with Crippen LogP contribution in [0.25, 0.3) is 0 Å². The zero-order valence-corrected chi connectivity index (χ0v) is 13.5. The summed E-state index contributed by atoms with van der Waals surface area (Å²) in [5.41, 5.74) is 0.540. The van der Waals surface area contributed by atoms with Crippen LogP contribution in [-0.4, -0.2) is 42.5 Å². The van der Waals surface area contributed by atoms with Crippen LogP contribution in [0.15, 0.2) is 0 Å². The van der Waals surface area contributed by atoms with Crippen molar-refractivity contribution in [2.24, 2.45) is 0 Å². The second kappa shape index (κ2) is 6.13. The number of rotatable bonds is 2. The molecule has 1 saturated heterocycles. The van der Waals surface area contributed by atoms with E-state index in [4.69, 9.17) is 9.47 Å². The predicted octanol–water partition coefficient (Wildman–Crippen LogP) is 1.93. The van der Waals surface area contributed by atoms with Gasteiger partial charge in [-0.1, -0.05) is 18.3 Å². The Morgan fingerprint density at radius 1 is 1.39 bits per heavy atom. The van der Waals surface area contributed by atoms with Gasteiger partial charge >= 0.3 is 6.03 Å². The Morgan fingerprint density at radius 3 is 2.83 bits per heavy atom. The summed E-state index contributed by atoms with van der Waals surface area (Å²) < 4.78 is 11.0. The van der Waals surface area contributed by atoms with E-state index in [9.17, 15) is 15.3 Å². The summed E-state index contributed by atoms with van der Waals surface area (Å²) in [5.74, 6) is -0.539. The zero-order chi connectivity index (χ0) is 16.6. The van der Waals surface area contributed by atoms with Crippen molar-refractivity contribution in [2.45, 2.75) is 31.5 Å². The van der Waals surface area contributed by atoms with E-state index in [0.717, 1.165) is 0 Å². The van der Waals surface area contributed by atoms with E-state index < -0.39 is 12.0 Å². The van der Waals surface area contributed by atoms with E-state index in [0.29, 0.717) is 22.1 Å². The fourth-order valence-electron chi connectivity index (χ4n) is 2.64. The van der Waals surface area contributed by atoms with Gasteiger partial charge in [0.2, 0.25) is 0 Å². The number of hydrogen-bond donors (Lipinski definition) is 0. The standard InChI is InChI=1S/C14H15N5O3S/c1-3-9-8(4-15)11-12(10(5-16)22-9)23-13(17-11)19-7-21-6-18(2)14(19)20/h8-10H,3,6-7H2,1-2H3. The van der Waals surface area contributed by atoms with Crippen LogP contribution in [0.5, 0.6) is 0 Å². The van der Waals surface area contributed by atoms with Crippen LogP contribution in [0.2, 0.25) is 0 Å². The van der Waals surface area contributed by atoms with Gasteiger partial charge in [-0.05, 0) is 6.42 Å². The molecule has 0 radical (unpaired) electrons. The van der Waals surface area contributed by atoms with Crippen LogP contribution < -0.4 is 4.90 Å². The lowest BCUT2D eigenvalue weighted by molar-refractivity contribution is -0.00493. The minimum absolute atomic E-state index is 0.0993. The molecule has 3 unspecified atom stereocenters. The third kappa shape index (κ3) is 2.53. The van der Waals surface area contributed by atoms with Crippen molar-refractivity contribution in [2.75, 3.05) is 25.4 Å². The number of anilines is 1. The second-order valence-electron chi connectivity index (χ2n) is 5.32. The molecule has 0 bridgehead atoms. The summed E-state index contributed by atoms with van der Waals surface area (Å²) in [5, 5.41) is 19.2. The molecule has 2 aliphatic heterocycles. The summed E-state index contributed by atoms with van der Waals surface area (Å²) in [7, 11) is 1.63. The Labute approximate surface area is 137 Å². The summed E-state index contributed by atoms with van der Waals surface area (Å²) in [6.07, 6.45) is -0.524. The predicted molar refractivity (Wildman–Crippen MR) is 80.4 cm³/mol. The van der Waals surface area contributed by atoms with Gasteiger partial charge in [-0.3, -0.25) is 0 Å². The number of aromatic nitrogens is 1. The van der Waals surface area contributed by atoms with Crippen LogP contribution in [-0.2, 0) is 9.47 Å². The van der Waals surface area contributed by atoms with Crippen molar-refractivity contribution in [3.8, 4) is 12.1 Å². The molecule has 0 N–H and O–H groups in total. The maximum atomic E-state index is 12.2. The first-order valence-corrected chi connectivity index (χ1v) is 7.98. The smallest absolute Gasteiger partial charge is 0.329 e. The fraction of sp³-hybridized carbons (Fsp3) is 0.571. The summed E-state index contributed by atoms with van der Waals surface area (Å²) in [6.45, 7) is 2.23. The van der Waals surface area contributed by atoms with E-state index in [2.05, 4.69) is 17.1 Å². The van der Waals surface area contributed by atoms with Crippen molar-refractivity contribution in [1.29, 1.82) is 10.5 Å². The molecule has 8 nitrogen and oxygen atoms in total.